The van der Waals surface area contributed by atoms with Crippen molar-refractivity contribution in [2.45, 2.75) is 19.9 Å². The first-order valence-corrected chi connectivity index (χ1v) is 5.45. The van der Waals surface area contributed by atoms with Gasteiger partial charge in [-0.2, -0.15) is 0 Å². The second-order valence-corrected chi connectivity index (χ2v) is 3.52. The van der Waals surface area contributed by atoms with Crippen LogP contribution in [0.15, 0.2) is 18.5 Å². The predicted molar refractivity (Wildman–Crippen MR) is 61.6 cm³/mol. The Morgan fingerprint density at radius 1 is 1.40 bits per heavy atom. The molecule has 84 valence electrons. The maximum absolute atomic E-state index is 4.28. The fourth-order valence-electron chi connectivity index (χ4n) is 1.57. The molecule has 0 aliphatic heterocycles. The van der Waals surface area contributed by atoms with Crippen molar-refractivity contribution in [3.05, 3.63) is 24.3 Å². The number of hydrogen-bond donors (Lipinski definition) is 1. The van der Waals surface area contributed by atoms with Crippen LogP contribution in [0, 0.1) is 0 Å². The van der Waals surface area contributed by atoms with Crippen LogP contribution in [0.4, 0.5) is 0 Å². The summed E-state index contributed by atoms with van der Waals surface area (Å²) in [4.78, 5) is 10.9. The number of nitrogens with one attached hydrogen (secondary N) is 1. The topological polar surface area (TPSA) is 41.0 Å². The van der Waals surface area contributed by atoms with Crippen LogP contribution in [0.5, 0.6) is 0 Å². The number of nitrogens with zero attached hydrogens (tertiary/aromatic N) is 3. The molecule has 0 aliphatic rings. The summed E-state index contributed by atoms with van der Waals surface area (Å²) in [5.74, 6) is 0.899. The summed E-state index contributed by atoms with van der Waals surface area (Å²) in [6.07, 6.45) is 3.59. The van der Waals surface area contributed by atoms with Gasteiger partial charge in [0, 0.05) is 25.5 Å². The van der Waals surface area contributed by atoms with E-state index < -0.39 is 0 Å². The molecule has 1 atom stereocenters. The fourth-order valence-corrected chi connectivity index (χ4v) is 1.57. The second kappa shape index (κ2) is 6.48. The highest BCUT2D eigenvalue weighted by molar-refractivity contribution is 4.94. The summed E-state index contributed by atoms with van der Waals surface area (Å²) in [5, 5.41) is 3.16. The van der Waals surface area contributed by atoms with E-state index in [2.05, 4.69) is 34.0 Å². The Bertz CT molecular complexity index is 263. The summed E-state index contributed by atoms with van der Waals surface area (Å²) >= 11 is 0. The standard InChI is InChI=1S/C11H20N4/c1-4-15(9-8-12-3)10(2)11-13-6-5-7-14-11/h5-7,10,12H,4,8-9H2,1-3H3. The molecule has 1 aromatic heterocycles. The average Bonchev–Trinajstić information content (AvgIpc) is 2.31. The number of likely N-dealkylation sites (N-methyl/N-ethyl adjacent to an activating group) is 2. The third-order valence-corrected chi connectivity index (χ3v) is 2.56. The van der Waals surface area contributed by atoms with Crippen molar-refractivity contribution in [1.82, 2.24) is 20.2 Å². The molecule has 1 aromatic rings. The zero-order valence-electron chi connectivity index (χ0n) is 9.77. The van der Waals surface area contributed by atoms with Crippen LogP contribution in [0.25, 0.3) is 0 Å². The van der Waals surface area contributed by atoms with E-state index in [0.717, 1.165) is 25.5 Å². The van der Waals surface area contributed by atoms with Crippen molar-refractivity contribution in [3.63, 3.8) is 0 Å². The van der Waals surface area contributed by atoms with E-state index in [1.165, 1.54) is 0 Å². The molecule has 0 saturated carbocycles. The largest absolute Gasteiger partial charge is 0.318 e. The Labute approximate surface area is 91.7 Å². The van der Waals surface area contributed by atoms with Crippen molar-refractivity contribution in [3.8, 4) is 0 Å². The summed E-state index contributed by atoms with van der Waals surface area (Å²) in [7, 11) is 1.97. The fraction of sp³-hybridized carbons (Fsp3) is 0.636. The van der Waals surface area contributed by atoms with Crippen molar-refractivity contribution >= 4 is 0 Å². The molecular formula is C11H20N4. The second-order valence-electron chi connectivity index (χ2n) is 3.52. The summed E-state index contributed by atoms with van der Waals surface area (Å²) in [6.45, 7) is 7.34. The molecule has 15 heavy (non-hydrogen) atoms. The minimum atomic E-state index is 0.282. The van der Waals surface area contributed by atoms with E-state index in [9.17, 15) is 0 Å². The van der Waals surface area contributed by atoms with Gasteiger partial charge in [-0.15, -0.1) is 0 Å². The van der Waals surface area contributed by atoms with Crippen LogP contribution >= 0.6 is 0 Å². The van der Waals surface area contributed by atoms with Crippen molar-refractivity contribution in [2.75, 3.05) is 26.7 Å². The van der Waals surface area contributed by atoms with Crippen LogP contribution in [-0.2, 0) is 0 Å². The molecule has 4 nitrogen and oxygen atoms in total. The van der Waals surface area contributed by atoms with Gasteiger partial charge < -0.3 is 5.32 Å². The molecule has 0 spiro atoms. The lowest BCUT2D eigenvalue weighted by molar-refractivity contribution is 0.216. The Morgan fingerprint density at radius 2 is 2.07 bits per heavy atom. The molecule has 4 heteroatoms. The van der Waals surface area contributed by atoms with Gasteiger partial charge in [0.1, 0.15) is 5.82 Å². The zero-order chi connectivity index (χ0) is 11.1. The van der Waals surface area contributed by atoms with E-state index >= 15 is 0 Å². The summed E-state index contributed by atoms with van der Waals surface area (Å²) in [5.41, 5.74) is 0. The molecule has 1 heterocycles. The lowest BCUT2D eigenvalue weighted by atomic mass is 10.2. The van der Waals surface area contributed by atoms with Gasteiger partial charge in [0.25, 0.3) is 0 Å². The molecule has 0 aromatic carbocycles. The summed E-state index contributed by atoms with van der Waals surface area (Å²) < 4.78 is 0. The van der Waals surface area contributed by atoms with Crippen LogP contribution in [0.1, 0.15) is 25.7 Å². The molecule has 1 rings (SSSR count). The van der Waals surface area contributed by atoms with Crippen molar-refractivity contribution < 1.29 is 0 Å². The third kappa shape index (κ3) is 3.57. The minimum Gasteiger partial charge on any atom is -0.318 e. The number of aromatic nitrogens is 2. The Balaban J connectivity index is 2.60. The maximum atomic E-state index is 4.28. The number of hydrogen-bond acceptors (Lipinski definition) is 4. The molecule has 0 aliphatic carbocycles. The van der Waals surface area contributed by atoms with Crippen molar-refractivity contribution in [2.24, 2.45) is 0 Å². The Kier molecular flexibility index (Phi) is 5.21. The Morgan fingerprint density at radius 3 is 2.60 bits per heavy atom. The van der Waals surface area contributed by atoms with Gasteiger partial charge in [-0.25, -0.2) is 9.97 Å². The van der Waals surface area contributed by atoms with E-state index in [-0.39, 0.29) is 6.04 Å². The van der Waals surface area contributed by atoms with E-state index in [0.29, 0.717) is 0 Å². The van der Waals surface area contributed by atoms with Gasteiger partial charge >= 0.3 is 0 Å². The highest BCUT2D eigenvalue weighted by Crippen LogP contribution is 2.14. The minimum absolute atomic E-state index is 0.282. The SMILES string of the molecule is CCN(CCNC)C(C)c1ncccn1. The molecule has 0 amide bonds. The highest BCUT2D eigenvalue weighted by atomic mass is 15.2. The van der Waals surface area contributed by atoms with Gasteiger partial charge in [0.2, 0.25) is 0 Å². The molecule has 0 radical (unpaired) electrons. The van der Waals surface area contributed by atoms with Crippen LogP contribution in [0.2, 0.25) is 0 Å². The van der Waals surface area contributed by atoms with Crippen LogP contribution in [0.3, 0.4) is 0 Å². The van der Waals surface area contributed by atoms with E-state index in [4.69, 9.17) is 0 Å². The van der Waals surface area contributed by atoms with Crippen LogP contribution < -0.4 is 5.32 Å². The molecule has 0 fully saturated rings. The lowest BCUT2D eigenvalue weighted by Gasteiger charge is -2.26. The summed E-state index contributed by atoms with van der Waals surface area (Å²) in [6, 6.07) is 2.13. The third-order valence-electron chi connectivity index (χ3n) is 2.56. The van der Waals surface area contributed by atoms with Gasteiger partial charge in [-0.1, -0.05) is 6.92 Å². The highest BCUT2D eigenvalue weighted by Gasteiger charge is 2.15. The van der Waals surface area contributed by atoms with Gasteiger partial charge in [-0.05, 0) is 26.6 Å². The van der Waals surface area contributed by atoms with Gasteiger partial charge in [0.05, 0.1) is 6.04 Å². The first-order chi connectivity index (χ1) is 7.29. The number of rotatable bonds is 6. The van der Waals surface area contributed by atoms with E-state index in [1.807, 2.05) is 13.1 Å². The normalized spacial score (nSPS) is 13.1. The van der Waals surface area contributed by atoms with Gasteiger partial charge in [-0.3, -0.25) is 4.90 Å². The van der Waals surface area contributed by atoms with E-state index in [1.54, 1.807) is 12.4 Å². The average molecular weight is 208 g/mol. The lowest BCUT2D eigenvalue weighted by Crippen LogP contribution is -2.33. The molecule has 0 bridgehead atoms. The Hall–Kier alpha value is -1.00. The first-order valence-electron chi connectivity index (χ1n) is 5.45. The predicted octanol–water partition coefficient (Wildman–Crippen LogP) is 1.08. The zero-order valence-corrected chi connectivity index (χ0v) is 9.77. The first kappa shape index (κ1) is 12.1. The quantitative estimate of drug-likeness (QED) is 0.759. The molecule has 0 saturated heterocycles. The van der Waals surface area contributed by atoms with Crippen LogP contribution in [-0.4, -0.2) is 41.5 Å². The van der Waals surface area contributed by atoms with Crippen molar-refractivity contribution in [1.29, 1.82) is 0 Å². The molecule has 1 unspecified atom stereocenters. The maximum Gasteiger partial charge on any atom is 0.145 e. The smallest absolute Gasteiger partial charge is 0.145 e. The molecule has 1 N–H and O–H groups in total. The van der Waals surface area contributed by atoms with Gasteiger partial charge in [0.15, 0.2) is 0 Å². The monoisotopic (exact) mass is 208 g/mol. The molecular weight excluding hydrogens is 188 g/mol.